The molecule has 1 unspecified atom stereocenters. The van der Waals surface area contributed by atoms with E-state index < -0.39 is 0 Å². The van der Waals surface area contributed by atoms with Gasteiger partial charge in [0.2, 0.25) is 0 Å². The van der Waals surface area contributed by atoms with E-state index in [-0.39, 0.29) is 5.38 Å². The Hall–Kier alpha value is 0.230. The molecule has 0 radical (unpaired) electrons. The highest BCUT2D eigenvalue weighted by molar-refractivity contribution is 9.10. The zero-order valence-corrected chi connectivity index (χ0v) is 12.5. The topological polar surface area (TPSA) is 13.1 Å². The molecule has 80 valence electrons. The number of aryl methyl sites for hydroxylation is 1. The number of furan rings is 1. The van der Waals surface area contributed by atoms with Gasteiger partial charge in [-0.2, -0.15) is 0 Å². The fourth-order valence-corrected chi connectivity index (χ4v) is 4.33. The molecule has 0 aliphatic carbocycles. The summed E-state index contributed by atoms with van der Waals surface area (Å²) in [6, 6.07) is 3.95. The van der Waals surface area contributed by atoms with Gasteiger partial charge in [0, 0.05) is 19.8 Å². The van der Waals surface area contributed by atoms with Gasteiger partial charge in [-0.3, -0.25) is 0 Å². The van der Waals surface area contributed by atoms with E-state index in [1.807, 2.05) is 6.07 Å². The van der Waals surface area contributed by atoms with Gasteiger partial charge in [0.15, 0.2) is 4.67 Å². The number of halogens is 3. The Labute approximate surface area is 114 Å². The van der Waals surface area contributed by atoms with Crippen molar-refractivity contribution in [3.63, 3.8) is 0 Å². The van der Waals surface area contributed by atoms with Crippen LogP contribution in [0.4, 0.5) is 0 Å². The molecule has 15 heavy (non-hydrogen) atoms. The van der Waals surface area contributed by atoms with Crippen molar-refractivity contribution in [3.8, 4) is 0 Å². The van der Waals surface area contributed by atoms with Crippen LogP contribution in [0.2, 0.25) is 0 Å². The molecule has 2 aromatic heterocycles. The molecule has 0 saturated carbocycles. The number of hydrogen-bond donors (Lipinski definition) is 0. The Balaban J connectivity index is 2.40. The maximum atomic E-state index is 6.39. The summed E-state index contributed by atoms with van der Waals surface area (Å²) in [5, 5.41) is -0.175. The molecule has 0 amide bonds. The lowest BCUT2D eigenvalue weighted by atomic mass is 10.2. The van der Waals surface area contributed by atoms with Crippen molar-refractivity contribution in [1.82, 2.24) is 0 Å². The molecule has 1 nitrogen and oxygen atoms in total. The lowest BCUT2D eigenvalue weighted by Crippen LogP contribution is -1.89. The molecule has 0 fully saturated rings. The lowest BCUT2D eigenvalue weighted by molar-refractivity contribution is 0.537. The van der Waals surface area contributed by atoms with Crippen molar-refractivity contribution in [2.24, 2.45) is 0 Å². The van der Waals surface area contributed by atoms with Crippen LogP contribution < -0.4 is 0 Å². The Morgan fingerprint density at radius 1 is 1.47 bits per heavy atom. The zero-order valence-electron chi connectivity index (χ0n) is 7.76. The smallest absolute Gasteiger partial charge is 0.173 e. The van der Waals surface area contributed by atoms with Gasteiger partial charge in [-0.25, -0.2) is 0 Å². The van der Waals surface area contributed by atoms with E-state index in [0.29, 0.717) is 4.67 Å². The molecule has 0 aliphatic heterocycles. The molecule has 0 N–H and O–H groups in total. The van der Waals surface area contributed by atoms with Gasteiger partial charge in [0.25, 0.3) is 0 Å². The summed E-state index contributed by atoms with van der Waals surface area (Å²) in [4.78, 5) is 2.35. The number of thiophene rings is 1. The molecule has 0 saturated heterocycles. The third-order valence-corrected chi connectivity index (χ3v) is 5.25. The first-order valence-corrected chi connectivity index (χ1v) is 7.06. The highest BCUT2D eigenvalue weighted by Gasteiger charge is 2.20. The first kappa shape index (κ1) is 11.7. The van der Waals surface area contributed by atoms with E-state index in [2.05, 4.69) is 44.8 Å². The largest absolute Gasteiger partial charge is 0.457 e. The van der Waals surface area contributed by atoms with E-state index >= 15 is 0 Å². The Bertz CT molecular complexity index is 477. The van der Waals surface area contributed by atoms with Gasteiger partial charge < -0.3 is 4.42 Å². The van der Waals surface area contributed by atoms with Crippen LogP contribution in [-0.2, 0) is 0 Å². The van der Waals surface area contributed by atoms with Gasteiger partial charge >= 0.3 is 0 Å². The van der Waals surface area contributed by atoms with Gasteiger partial charge in [0.05, 0.1) is 11.6 Å². The summed E-state index contributed by atoms with van der Waals surface area (Å²) < 4.78 is 6.92. The average molecular weight is 370 g/mol. The highest BCUT2D eigenvalue weighted by Crippen LogP contribution is 2.41. The predicted octanol–water partition coefficient (Wildman–Crippen LogP) is 5.50. The van der Waals surface area contributed by atoms with Crippen molar-refractivity contribution in [3.05, 3.63) is 42.9 Å². The molecular formula is C10H7Br2ClOS. The highest BCUT2D eigenvalue weighted by atomic mass is 79.9. The Morgan fingerprint density at radius 2 is 2.20 bits per heavy atom. The normalized spacial score (nSPS) is 13.1. The maximum absolute atomic E-state index is 6.39. The summed E-state index contributed by atoms with van der Waals surface area (Å²) in [6.45, 7) is 2.06. The fourth-order valence-electron chi connectivity index (χ4n) is 1.30. The molecule has 5 heteroatoms. The molecule has 2 aromatic rings. The van der Waals surface area contributed by atoms with E-state index in [1.165, 1.54) is 4.88 Å². The molecule has 0 bridgehead atoms. The van der Waals surface area contributed by atoms with E-state index in [9.17, 15) is 0 Å². The van der Waals surface area contributed by atoms with E-state index in [1.54, 1.807) is 17.6 Å². The second kappa shape index (κ2) is 4.62. The number of rotatable bonds is 2. The molecule has 2 heterocycles. The fraction of sp³-hybridized carbons (Fsp3) is 0.200. The summed E-state index contributed by atoms with van der Waals surface area (Å²) in [7, 11) is 0. The third kappa shape index (κ3) is 2.33. The standard InChI is InChI=1S/C10H7Br2ClOS/c1-5-4-7(11)9(15-5)8(13)6-2-3-14-10(6)12/h2-4,8H,1H3. The van der Waals surface area contributed by atoms with Gasteiger partial charge in [-0.05, 0) is 50.9 Å². The molecule has 1 atom stereocenters. The first-order chi connectivity index (χ1) is 7.09. The monoisotopic (exact) mass is 368 g/mol. The van der Waals surface area contributed by atoms with Crippen molar-refractivity contribution in [2.75, 3.05) is 0 Å². The summed E-state index contributed by atoms with van der Waals surface area (Å²) in [5.41, 5.74) is 0.958. The van der Waals surface area contributed by atoms with E-state index in [0.717, 1.165) is 14.9 Å². The van der Waals surface area contributed by atoms with Crippen molar-refractivity contribution in [1.29, 1.82) is 0 Å². The van der Waals surface area contributed by atoms with Crippen LogP contribution in [0, 0.1) is 6.92 Å². The molecule has 0 spiro atoms. The SMILES string of the molecule is Cc1cc(Br)c(C(Cl)c2ccoc2Br)s1. The van der Waals surface area contributed by atoms with Crippen LogP contribution in [-0.4, -0.2) is 0 Å². The van der Waals surface area contributed by atoms with Crippen molar-refractivity contribution in [2.45, 2.75) is 12.3 Å². The van der Waals surface area contributed by atoms with Crippen molar-refractivity contribution >= 4 is 54.8 Å². The summed E-state index contributed by atoms with van der Waals surface area (Å²) in [6.07, 6.45) is 1.63. The molecule has 2 rings (SSSR count). The summed E-state index contributed by atoms with van der Waals surface area (Å²) >= 11 is 14.9. The maximum Gasteiger partial charge on any atom is 0.173 e. The van der Waals surface area contributed by atoms with Crippen LogP contribution in [0.1, 0.15) is 20.7 Å². The van der Waals surface area contributed by atoms with Gasteiger partial charge in [-0.15, -0.1) is 22.9 Å². The quantitative estimate of drug-likeness (QED) is 0.636. The van der Waals surface area contributed by atoms with Gasteiger partial charge in [0.1, 0.15) is 0 Å². The third-order valence-electron chi connectivity index (χ3n) is 1.99. The second-order valence-corrected chi connectivity index (χ2v) is 6.38. The average Bonchev–Trinajstić information content (AvgIpc) is 2.71. The van der Waals surface area contributed by atoms with Crippen LogP contribution in [0.25, 0.3) is 0 Å². The van der Waals surface area contributed by atoms with Crippen LogP contribution >= 0.6 is 54.8 Å². The van der Waals surface area contributed by atoms with Gasteiger partial charge in [-0.1, -0.05) is 0 Å². The molecule has 0 aromatic carbocycles. The van der Waals surface area contributed by atoms with E-state index in [4.69, 9.17) is 16.0 Å². The minimum absolute atomic E-state index is 0.175. The van der Waals surface area contributed by atoms with Crippen molar-refractivity contribution < 1.29 is 4.42 Å². The second-order valence-electron chi connectivity index (χ2n) is 3.08. The minimum atomic E-state index is -0.175. The Kier molecular flexibility index (Phi) is 3.60. The first-order valence-electron chi connectivity index (χ1n) is 4.22. The van der Waals surface area contributed by atoms with Crippen LogP contribution in [0.5, 0.6) is 0 Å². The number of alkyl halides is 1. The molecule has 0 aliphatic rings. The zero-order chi connectivity index (χ0) is 11.0. The number of hydrogen-bond acceptors (Lipinski definition) is 2. The lowest BCUT2D eigenvalue weighted by Gasteiger charge is -2.05. The predicted molar refractivity (Wildman–Crippen MR) is 70.9 cm³/mol. The van der Waals surface area contributed by atoms with Crippen LogP contribution in [0.3, 0.4) is 0 Å². The summed E-state index contributed by atoms with van der Waals surface area (Å²) in [5.74, 6) is 0. The minimum Gasteiger partial charge on any atom is -0.457 e. The van der Waals surface area contributed by atoms with Crippen LogP contribution in [0.15, 0.2) is 32.0 Å². The Morgan fingerprint density at radius 3 is 2.67 bits per heavy atom. The molecular weight excluding hydrogens is 363 g/mol.